The average molecular weight is 387 g/mol. The Morgan fingerprint density at radius 3 is 2.74 bits per heavy atom. The molecule has 3 aromatic rings. The molecular formula is C20H23ClN4O2. The molecule has 0 bridgehead atoms. The van der Waals surface area contributed by atoms with Crippen molar-refractivity contribution in [3.63, 3.8) is 0 Å². The zero-order chi connectivity index (χ0) is 18.1. The first-order valence-corrected chi connectivity index (χ1v) is 8.82. The lowest BCUT2D eigenvalue weighted by Crippen LogP contribution is -2.56. The van der Waals surface area contributed by atoms with Crippen molar-refractivity contribution in [3.8, 4) is 11.3 Å². The largest absolute Gasteiger partial charge is 0.355 e. The number of halogens is 1. The number of carbonyl (C=O) groups is 1. The molecule has 1 aliphatic heterocycles. The molecule has 1 unspecified atom stereocenters. The number of carbonyl (C=O) groups excluding carboxylic acids is 1. The number of benzene rings is 2. The van der Waals surface area contributed by atoms with Gasteiger partial charge in [-0.25, -0.2) is 0 Å². The molecule has 2 heterocycles. The normalized spacial score (nSPS) is 17.7. The Hall–Kier alpha value is -2.41. The van der Waals surface area contributed by atoms with Crippen LogP contribution in [0.25, 0.3) is 22.2 Å². The molecule has 7 heteroatoms. The fourth-order valence-electron chi connectivity index (χ4n) is 3.52. The van der Waals surface area contributed by atoms with Crippen LogP contribution in [0.4, 0.5) is 0 Å². The third-order valence-corrected chi connectivity index (χ3v) is 4.98. The monoisotopic (exact) mass is 386 g/mol. The lowest BCUT2D eigenvalue weighted by molar-refractivity contribution is 0.0516. The summed E-state index contributed by atoms with van der Waals surface area (Å²) in [7, 11) is 2.06. The Kier molecular flexibility index (Phi) is 5.79. The van der Waals surface area contributed by atoms with Crippen molar-refractivity contribution in [2.24, 2.45) is 5.73 Å². The quantitative estimate of drug-likeness (QED) is 0.748. The van der Waals surface area contributed by atoms with Crippen molar-refractivity contribution in [3.05, 3.63) is 54.1 Å². The summed E-state index contributed by atoms with van der Waals surface area (Å²) in [6.07, 6.45) is 0. The fraction of sp³-hybridized carbons (Fsp3) is 0.300. The minimum atomic E-state index is 0. The van der Waals surface area contributed by atoms with E-state index >= 15 is 0 Å². The number of aromatic nitrogens is 1. The molecule has 1 aliphatic rings. The van der Waals surface area contributed by atoms with E-state index in [4.69, 9.17) is 10.3 Å². The number of amides is 1. The second-order valence-electron chi connectivity index (χ2n) is 6.76. The van der Waals surface area contributed by atoms with E-state index in [1.165, 1.54) is 0 Å². The number of piperazine rings is 1. The number of rotatable bonds is 3. The zero-order valence-electron chi connectivity index (χ0n) is 15.2. The number of likely N-dealkylation sites (N-methyl/N-ethyl adjacent to an activating group) is 1. The second-order valence-corrected chi connectivity index (χ2v) is 6.76. The maximum atomic E-state index is 13.1. The first kappa shape index (κ1) is 19.4. The lowest BCUT2D eigenvalue weighted by atomic mass is 10.0. The van der Waals surface area contributed by atoms with Gasteiger partial charge in [-0.1, -0.05) is 35.5 Å². The third kappa shape index (κ3) is 3.69. The summed E-state index contributed by atoms with van der Waals surface area (Å²) in [6, 6.07) is 15.4. The number of hydrogen-bond acceptors (Lipinski definition) is 5. The third-order valence-electron chi connectivity index (χ3n) is 4.98. The molecular weight excluding hydrogens is 364 g/mol. The predicted molar refractivity (Wildman–Crippen MR) is 108 cm³/mol. The van der Waals surface area contributed by atoms with Crippen LogP contribution in [-0.4, -0.2) is 60.1 Å². The molecule has 0 saturated carbocycles. The van der Waals surface area contributed by atoms with Crippen LogP contribution in [0, 0.1) is 0 Å². The van der Waals surface area contributed by atoms with Gasteiger partial charge in [-0.3, -0.25) is 4.79 Å². The maximum absolute atomic E-state index is 13.1. The molecule has 1 amide bonds. The number of nitrogens with zero attached hydrogens (tertiary/aromatic N) is 3. The predicted octanol–water partition coefficient (Wildman–Crippen LogP) is 2.63. The van der Waals surface area contributed by atoms with Crippen molar-refractivity contribution in [1.29, 1.82) is 0 Å². The summed E-state index contributed by atoms with van der Waals surface area (Å²) in [6.45, 7) is 2.80. The van der Waals surface area contributed by atoms with Gasteiger partial charge in [0.15, 0.2) is 5.76 Å². The Morgan fingerprint density at radius 2 is 2.00 bits per heavy atom. The van der Waals surface area contributed by atoms with Gasteiger partial charge >= 0.3 is 0 Å². The van der Waals surface area contributed by atoms with E-state index < -0.39 is 0 Å². The summed E-state index contributed by atoms with van der Waals surface area (Å²) < 4.78 is 5.54. The van der Waals surface area contributed by atoms with Crippen molar-refractivity contribution >= 4 is 29.2 Å². The molecule has 2 aromatic carbocycles. The Labute approximate surface area is 164 Å². The van der Waals surface area contributed by atoms with Crippen molar-refractivity contribution in [2.45, 2.75) is 6.04 Å². The van der Waals surface area contributed by atoms with E-state index in [1.54, 1.807) is 0 Å². The minimum absolute atomic E-state index is 0. The van der Waals surface area contributed by atoms with E-state index in [2.05, 4.69) is 17.1 Å². The van der Waals surface area contributed by atoms with Gasteiger partial charge in [0.2, 0.25) is 0 Å². The Bertz CT molecular complexity index is 928. The molecule has 142 valence electrons. The van der Waals surface area contributed by atoms with Crippen LogP contribution in [0.15, 0.2) is 53.1 Å². The number of hydrogen-bond donors (Lipinski definition) is 1. The first-order valence-electron chi connectivity index (χ1n) is 8.82. The van der Waals surface area contributed by atoms with E-state index in [9.17, 15) is 4.79 Å². The lowest BCUT2D eigenvalue weighted by Gasteiger charge is -2.39. The van der Waals surface area contributed by atoms with Gasteiger partial charge in [0, 0.05) is 37.3 Å². The van der Waals surface area contributed by atoms with Gasteiger partial charge in [0.1, 0.15) is 5.52 Å². The Balaban J connectivity index is 0.00000210. The smallest absolute Gasteiger partial charge is 0.254 e. The molecule has 1 saturated heterocycles. The van der Waals surface area contributed by atoms with Gasteiger partial charge in [0.25, 0.3) is 5.91 Å². The molecule has 0 radical (unpaired) electrons. The molecule has 0 aliphatic carbocycles. The van der Waals surface area contributed by atoms with Gasteiger partial charge < -0.3 is 20.1 Å². The van der Waals surface area contributed by atoms with E-state index in [0.717, 1.165) is 29.6 Å². The topological polar surface area (TPSA) is 75.6 Å². The van der Waals surface area contributed by atoms with E-state index in [1.807, 2.05) is 53.4 Å². The fourth-order valence-corrected chi connectivity index (χ4v) is 3.52. The van der Waals surface area contributed by atoms with Crippen LogP contribution >= 0.6 is 12.4 Å². The van der Waals surface area contributed by atoms with Crippen LogP contribution in [0.5, 0.6) is 0 Å². The second kappa shape index (κ2) is 8.08. The van der Waals surface area contributed by atoms with Gasteiger partial charge in [0.05, 0.1) is 11.4 Å². The Morgan fingerprint density at radius 1 is 1.22 bits per heavy atom. The SMILES string of the molecule is CN1CCN(C(=O)c2ccc3noc(-c4ccccc4)c3c2)C(CN)C1.Cl. The molecule has 27 heavy (non-hydrogen) atoms. The van der Waals surface area contributed by atoms with E-state index in [0.29, 0.717) is 24.4 Å². The first-order chi connectivity index (χ1) is 12.7. The van der Waals surface area contributed by atoms with Crippen LogP contribution in [-0.2, 0) is 0 Å². The molecule has 6 nitrogen and oxygen atoms in total. The van der Waals surface area contributed by atoms with Gasteiger partial charge in [-0.15, -0.1) is 12.4 Å². The molecule has 1 atom stereocenters. The van der Waals surface area contributed by atoms with Crippen molar-refractivity contribution in [2.75, 3.05) is 33.2 Å². The van der Waals surface area contributed by atoms with E-state index in [-0.39, 0.29) is 24.4 Å². The number of fused-ring (bicyclic) bond motifs is 1. The van der Waals surface area contributed by atoms with Crippen LogP contribution < -0.4 is 5.73 Å². The van der Waals surface area contributed by atoms with Crippen LogP contribution in [0.3, 0.4) is 0 Å². The highest BCUT2D eigenvalue weighted by Gasteiger charge is 2.29. The summed E-state index contributed by atoms with van der Waals surface area (Å²) in [5, 5.41) is 4.97. The summed E-state index contributed by atoms with van der Waals surface area (Å²) in [4.78, 5) is 17.2. The number of nitrogens with two attached hydrogens (primary N) is 1. The minimum Gasteiger partial charge on any atom is -0.355 e. The zero-order valence-corrected chi connectivity index (χ0v) is 16.0. The average Bonchev–Trinajstić information content (AvgIpc) is 3.11. The van der Waals surface area contributed by atoms with Gasteiger partial charge in [-0.05, 0) is 25.2 Å². The summed E-state index contributed by atoms with van der Waals surface area (Å²) >= 11 is 0. The molecule has 4 rings (SSSR count). The van der Waals surface area contributed by atoms with Crippen molar-refractivity contribution in [1.82, 2.24) is 15.0 Å². The molecule has 2 N–H and O–H groups in total. The summed E-state index contributed by atoms with van der Waals surface area (Å²) in [5.41, 5.74) is 8.23. The van der Waals surface area contributed by atoms with Gasteiger partial charge in [-0.2, -0.15) is 0 Å². The highest BCUT2D eigenvalue weighted by atomic mass is 35.5. The highest BCUT2D eigenvalue weighted by molar-refractivity contribution is 6.01. The van der Waals surface area contributed by atoms with Crippen LogP contribution in [0.2, 0.25) is 0 Å². The standard InChI is InChI=1S/C20H22N4O2.ClH/c1-23-9-10-24(16(12-21)13-23)20(25)15-7-8-18-17(11-15)19(26-22-18)14-5-3-2-4-6-14;/h2-8,11,16H,9-10,12-13,21H2,1H3;1H. The summed E-state index contributed by atoms with van der Waals surface area (Å²) in [5.74, 6) is 0.694. The molecule has 1 aromatic heterocycles. The molecule has 1 fully saturated rings. The highest BCUT2D eigenvalue weighted by Crippen LogP contribution is 2.29. The maximum Gasteiger partial charge on any atom is 0.254 e. The molecule has 0 spiro atoms. The van der Waals surface area contributed by atoms with Crippen molar-refractivity contribution < 1.29 is 9.32 Å². The van der Waals surface area contributed by atoms with Crippen LogP contribution in [0.1, 0.15) is 10.4 Å².